The van der Waals surface area contributed by atoms with Gasteiger partial charge in [0.15, 0.2) is 0 Å². The highest BCUT2D eigenvalue weighted by Gasteiger charge is 2.00. The van der Waals surface area contributed by atoms with Crippen molar-refractivity contribution in [3.05, 3.63) is 35.9 Å². The van der Waals surface area contributed by atoms with E-state index < -0.39 is 0 Å². The zero-order valence-electron chi connectivity index (χ0n) is 9.10. The number of hydrogen-bond acceptors (Lipinski definition) is 2. The van der Waals surface area contributed by atoms with Crippen LogP contribution in [0, 0.1) is 5.92 Å². The summed E-state index contributed by atoms with van der Waals surface area (Å²) in [5, 5.41) is 3.86. The molecule has 0 aliphatic heterocycles. The normalized spacial score (nSPS) is 10.9. The Hall–Kier alpha value is -1.64. The number of benzene rings is 1. The predicted molar refractivity (Wildman–Crippen MR) is 61.9 cm³/mol. The summed E-state index contributed by atoms with van der Waals surface area (Å²) < 4.78 is 0. The van der Waals surface area contributed by atoms with E-state index in [4.69, 9.17) is 0 Å². The van der Waals surface area contributed by atoms with Gasteiger partial charge in [-0.15, -0.1) is 0 Å². The smallest absolute Gasteiger partial charge is 0.267 e. The summed E-state index contributed by atoms with van der Waals surface area (Å²) in [5.41, 5.74) is 3.11. The lowest BCUT2D eigenvalue weighted by atomic mass is 10.2. The van der Waals surface area contributed by atoms with Crippen LogP contribution in [0.1, 0.15) is 30.6 Å². The third kappa shape index (κ3) is 4.40. The number of nitrogens with one attached hydrogen (secondary N) is 1. The number of carbonyl (C=O) groups is 1. The molecular formula is C12H16N2O. The molecule has 0 heterocycles. The average Bonchev–Trinajstić information content (AvgIpc) is 2.25. The molecule has 0 atom stereocenters. The molecule has 15 heavy (non-hydrogen) atoms. The summed E-state index contributed by atoms with van der Waals surface area (Å²) in [6, 6.07) is 9.04. The number of rotatable bonds is 4. The van der Waals surface area contributed by atoms with Crippen molar-refractivity contribution in [3.63, 3.8) is 0 Å². The second-order valence-corrected chi connectivity index (χ2v) is 3.75. The quantitative estimate of drug-likeness (QED) is 0.594. The van der Waals surface area contributed by atoms with Crippen molar-refractivity contribution in [1.82, 2.24) is 5.43 Å². The third-order valence-corrected chi connectivity index (χ3v) is 1.87. The van der Waals surface area contributed by atoms with Crippen molar-refractivity contribution in [2.24, 2.45) is 11.0 Å². The lowest BCUT2D eigenvalue weighted by molar-refractivity contribution is 0.0955. The number of hydrogen-bond donors (Lipinski definition) is 1. The minimum Gasteiger partial charge on any atom is -0.267 e. The van der Waals surface area contributed by atoms with Crippen molar-refractivity contribution in [1.29, 1.82) is 0 Å². The van der Waals surface area contributed by atoms with Crippen LogP contribution < -0.4 is 5.43 Å². The summed E-state index contributed by atoms with van der Waals surface area (Å²) in [4.78, 5) is 11.5. The molecule has 0 unspecified atom stereocenters. The highest BCUT2D eigenvalue weighted by atomic mass is 16.2. The summed E-state index contributed by atoms with van der Waals surface area (Å²) in [6.07, 6.45) is 2.60. The monoisotopic (exact) mass is 204 g/mol. The highest BCUT2D eigenvalue weighted by molar-refractivity contribution is 5.94. The topological polar surface area (TPSA) is 41.5 Å². The Labute approximate surface area is 90.2 Å². The Bertz CT molecular complexity index is 331. The minimum absolute atomic E-state index is 0.171. The van der Waals surface area contributed by atoms with Gasteiger partial charge >= 0.3 is 0 Å². The average molecular weight is 204 g/mol. The molecule has 0 saturated heterocycles. The van der Waals surface area contributed by atoms with Gasteiger partial charge in [-0.05, 0) is 24.5 Å². The van der Waals surface area contributed by atoms with E-state index in [2.05, 4.69) is 24.4 Å². The maximum absolute atomic E-state index is 11.5. The van der Waals surface area contributed by atoms with E-state index in [1.807, 2.05) is 18.2 Å². The first-order valence-corrected chi connectivity index (χ1v) is 5.07. The van der Waals surface area contributed by atoms with Gasteiger partial charge in [0, 0.05) is 11.8 Å². The van der Waals surface area contributed by atoms with Gasteiger partial charge in [-0.1, -0.05) is 32.0 Å². The van der Waals surface area contributed by atoms with Crippen LogP contribution in [0.2, 0.25) is 0 Å². The van der Waals surface area contributed by atoms with Crippen molar-refractivity contribution in [2.45, 2.75) is 20.3 Å². The molecule has 0 spiro atoms. The molecule has 0 aliphatic rings. The van der Waals surface area contributed by atoms with Crippen molar-refractivity contribution < 1.29 is 4.79 Å². The third-order valence-electron chi connectivity index (χ3n) is 1.87. The first-order chi connectivity index (χ1) is 7.20. The molecule has 1 aromatic carbocycles. The van der Waals surface area contributed by atoms with Gasteiger partial charge in [-0.2, -0.15) is 5.10 Å². The molecule has 1 aromatic rings. The fraction of sp³-hybridized carbons (Fsp3) is 0.333. The van der Waals surface area contributed by atoms with Crippen LogP contribution in [0.4, 0.5) is 0 Å². The van der Waals surface area contributed by atoms with Crippen molar-refractivity contribution in [3.8, 4) is 0 Å². The maximum atomic E-state index is 11.5. The Balaban J connectivity index is 2.40. The van der Waals surface area contributed by atoms with Gasteiger partial charge in [-0.25, -0.2) is 5.43 Å². The lowest BCUT2D eigenvalue weighted by Gasteiger charge is -1.99. The Morgan fingerprint density at radius 1 is 1.40 bits per heavy atom. The van der Waals surface area contributed by atoms with Crippen LogP contribution in [0.5, 0.6) is 0 Å². The molecule has 1 N–H and O–H groups in total. The molecule has 1 rings (SSSR count). The van der Waals surface area contributed by atoms with Crippen LogP contribution in [0.25, 0.3) is 0 Å². The Morgan fingerprint density at radius 2 is 2.07 bits per heavy atom. The van der Waals surface area contributed by atoms with Gasteiger partial charge in [0.2, 0.25) is 0 Å². The molecule has 0 saturated carbocycles. The van der Waals surface area contributed by atoms with Gasteiger partial charge in [0.1, 0.15) is 0 Å². The summed E-state index contributed by atoms with van der Waals surface area (Å²) >= 11 is 0. The highest BCUT2D eigenvalue weighted by Crippen LogP contribution is 1.98. The minimum atomic E-state index is -0.171. The standard InChI is InChI=1S/C12H16N2O/c1-10(2)8-9-13-14-12(15)11-6-4-3-5-7-11/h3-7,9-10H,8H2,1-2H3,(H,14,15). The van der Waals surface area contributed by atoms with Crippen molar-refractivity contribution >= 4 is 12.1 Å². The molecule has 3 nitrogen and oxygen atoms in total. The lowest BCUT2D eigenvalue weighted by Crippen LogP contribution is -2.17. The first-order valence-electron chi connectivity index (χ1n) is 5.07. The van der Waals surface area contributed by atoms with Crippen LogP contribution >= 0.6 is 0 Å². The molecular weight excluding hydrogens is 188 g/mol. The Morgan fingerprint density at radius 3 is 2.67 bits per heavy atom. The van der Waals surface area contributed by atoms with E-state index in [1.54, 1.807) is 18.3 Å². The largest absolute Gasteiger partial charge is 0.271 e. The predicted octanol–water partition coefficient (Wildman–Crippen LogP) is 2.45. The zero-order valence-corrected chi connectivity index (χ0v) is 9.10. The summed E-state index contributed by atoms with van der Waals surface area (Å²) in [5.74, 6) is 0.387. The summed E-state index contributed by atoms with van der Waals surface area (Å²) in [7, 11) is 0. The number of amides is 1. The van der Waals surface area contributed by atoms with Crippen LogP contribution in [-0.4, -0.2) is 12.1 Å². The van der Waals surface area contributed by atoms with Gasteiger partial charge in [0.25, 0.3) is 5.91 Å². The molecule has 3 heteroatoms. The number of nitrogens with zero attached hydrogens (tertiary/aromatic N) is 1. The van der Waals surface area contributed by atoms with Crippen LogP contribution in [-0.2, 0) is 0 Å². The van der Waals surface area contributed by atoms with Crippen LogP contribution in [0.15, 0.2) is 35.4 Å². The van der Waals surface area contributed by atoms with E-state index in [-0.39, 0.29) is 5.91 Å². The van der Waals surface area contributed by atoms with E-state index in [9.17, 15) is 4.79 Å². The zero-order chi connectivity index (χ0) is 11.1. The first kappa shape index (κ1) is 11.4. The number of carbonyl (C=O) groups excluding carboxylic acids is 1. The van der Waals surface area contributed by atoms with Crippen molar-refractivity contribution in [2.75, 3.05) is 0 Å². The SMILES string of the molecule is CC(C)CC=NNC(=O)c1ccccc1. The molecule has 0 radical (unpaired) electrons. The molecule has 0 fully saturated rings. The fourth-order valence-electron chi connectivity index (χ4n) is 1.02. The second kappa shape index (κ2) is 5.96. The van der Waals surface area contributed by atoms with E-state index in [0.29, 0.717) is 11.5 Å². The second-order valence-electron chi connectivity index (χ2n) is 3.75. The summed E-state index contributed by atoms with van der Waals surface area (Å²) in [6.45, 7) is 4.20. The maximum Gasteiger partial charge on any atom is 0.271 e. The van der Waals surface area contributed by atoms with E-state index in [1.165, 1.54) is 0 Å². The number of hydrazone groups is 1. The van der Waals surface area contributed by atoms with Gasteiger partial charge in [0.05, 0.1) is 0 Å². The molecule has 0 bridgehead atoms. The molecule has 80 valence electrons. The fourth-order valence-corrected chi connectivity index (χ4v) is 1.02. The molecule has 1 amide bonds. The Kier molecular flexibility index (Phi) is 4.54. The van der Waals surface area contributed by atoms with E-state index in [0.717, 1.165) is 6.42 Å². The van der Waals surface area contributed by atoms with Crippen LogP contribution in [0.3, 0.4) is 0 Å². The molecule has 0 aromatic heterocycles. The van der Waals surface area contributed by atoms with Gasteiger partial charge < -0.3 is 0 Å². The van der Waals surface area contributed by atoms with Gasteiger partial charge in [-0.3, -0.25) is 4.79 Å². The van der Waals surface area contributed by atoms with E-state index >= 15 is 0 Å². The molecule has 0 aliphatic carbocycles.